The van der Waals surface area contributed by atoms with Gasteiger partial charge in [0, 0.05) is 34.8 Å². The van der Waals surface area contributed by atoms with Crippen LogP contribution in [0.2, 0.25) is 0 Å². The summed E-state index contributed by atoms with van der Waals surface area (Å²) < 4.78 is 0. The van der Waals surface area contributed by atoms with Gasteiger partial charge in [-0.2, -0.15) is 4.99 Å². The number of amides is 1. The number of aliphatic imine (C=N–C) groups is 1. The van der Waals surface area contributed by atoms with Crippen LogP contribution in [0.15, 0.2) is 58.3 Å². The minimum absolute atomic E-state index is 0.0000608. The molecule has 4 rings (SSSR count). The number of benzene rings is 2. The number of fused-ring (bicyclic) bond motifs is 1. The minimum atomic E-state index is -0.377. The van der Waals surface area contributed by atoms with Gasteiger partial charge >= 0.3 is 0 Å². The fourth-order valence-electron chi connectivity index (χ4n) is 5.76. The van der Waals surface area contributed by atoms with Gasteiger partial charge in [0.15, 0.2) is 0 Å². The highest BCUT2D eigenvalue weighted by Crippen LogP contribution is 2.51. The van der Waals surface area contributed by atoms with Gasteiger partial charge in [0.1, 0.15) is 0 Å². The van der Waals surface area contributed by atoms with Crippen molar-refractivity contribution in [1.82, 2.24) is 9.97 Å². The number of guanidine groups is 1. The van der Waals surface area contributed by atoms with Crippen LogP contribution in [0.25, 0.3) is 0 Å². The molecule has 1 aliphatic heterocycles. The number of nitrogens with zero attached hydrogens (tertiary/aromatic N) is 3. The largest absolute Gasteiger partial charge is 0.369 e. The number of hydrogen-bond donors (Lipinski definition) is 3. The predicted molar refractivity (Wildman–Crippen MR) is 150 cm³/mol. The second-order valence-electron chi connectivity index (χ2n) is 10.6. The Morgan fingerprint density at radius 1 is 1.19 bits per heavy atom. The van der Waals surface area contributed by atoms with Crippen LogP contribution in [0.5, 0.6) is 0 Å². The Hall–Kier alpha value is -3.94. The van der Waals surface area contributed by atoms with E-state index < -0.39 is 0 Å². The number of carbonyl (C=O) groups excluding carboxylic acids is 1. The molecule has 1 atom stereocenters. The Morgan fingerprint density at radius 3 is 2.51 bits per heavy atom. The summed E-state index contributed by atoms with van der Waals surface area (Å²) in [6.45, 7) is 11.9. The van der Waals surface area contributed by atoms with Crippen molar-refractivity contribution >= 4 is 29.2 Å². The average Bonchev–Trinajstić information content (AvgIpc) is 2.81. The molecule has 0 fully saturated rings. The number of aromatic nitrogens is 2. The minimum Gasteiger partial charge on any atom is -0.369 e. The third-order valence-corrected chi connectivity index (χ3v) is 7.16. The molecule has 0 radical (unpaired) electrons. The first kappa shape index (κ1) is 26.1. The van der Waals surface area contributed by atoms with Crippen LogP contribution in [0.3, 0.4) is 0 Å². The van der Waals surface area contributed by atoms with Crippen LogP contribution in [0.1, 0.15) is 69.8 Å². The van der Waals surface area contributed by atoms with E-state index in [1.54, 1.807) is 13.8 Å². The maximum absolute atomic E-state index is 12.7. The second-order valence-corrected chi connectivity index (χ2v) is 10.6. The van der Waals surface area contributed by atoms with Gasteiger partial charge in [0.2, 0.25) is 17.8 Å². The summed E-state index contributed by atoms with van der Waals surface area (Å²) in [5.41, 5.74) is 10.4. The molecule has 0 saturated carbocycles. The molecule has 8 heteroatoms. The lowest BCUT2D eigenvalue weighted by molar-refractivity contribution is -0.117. The first-order valence-electron chi connectivity index (χ1n) is 12.7. The molecule has 1 unspecified atom stereocenters. The van der Waals surface area contributed by atoms with Crippen LogP contribution in [-0.4, -0.2) is 27.4 Å². The second kappa shape index (κ2) is 9.84. The molecule has 2 heterocycles. The molecular formula is C29H36N6O2. The number of rotatable bonds is 5. The van der Waals surface area contributed by atoms with Gasteiger partial charge in [-0.3, -0.25) is 14.6 Å². The standard InChI is InChI=1S/C29H36N6O2/c1-7-11-22-18(2)31-27(33-25(22)37)34-26(30)32-21-14-15-24-23(16-21)29(6,20-12-9-8-10-13-20)17-28(4,5)35(24)19(3)36/h8-10,12-16H,7,11,17H2,1-6H3,(H4,30,31,32,33,34,37). The highest BCUT2D eigenvalue weighted by molar-refractivity contribution is 5.97. The predicted octanol–water partition coefficient (Wildman–Crippen LogP) is 4.93. The summed E-state index contributed by atoms with van der Waals surface area (Å²) >= 11 is 0. The maximum Gasteiger partial charge on any atom is 0.255 e. The number of aryl methyl sites for hydroxylation is 1. The molecular weight excluding hydrogens is 464 g/mol. The fourth-order valence-corrected chi connectivity index (χ4v) is 5.76. The molecule has 1 aromatic heterocycles. The van der Waals surface area contributed by atoms with E-state index in [2.05, 4.69) is 53.2 Å². The molecule has 0 saturated heterocycles. The van der Waals surface area contributed by atoms with Gasteiger partial charge in [0.05, 0.1) is 5.69 Å². The lowest BCUT2D eigenvalue weighted by Gasteiger charge is -2.51. The monoisotopic (exact) mass is 500 g/mol. The quantitative estimate of drug-likeness (QED) is 0.339. The molecule has 0 aliphatic carbocycles. The van der Waals surface area contributed by atoms with Gasteiger partial charge in [-0.1, -0.05) is 50.6 Å². The van der Waals surface area contributed by atoms with Crippen molar-refractivity contribution in [2.45, 2.75) is 71.8 Å². The van der Waals surface area contributed by atoms with Crippen molar-refractivity contribution < 1.29 is 4.79 Å². The van der Waals surface area contributed by atoms with E-state index in [4.69, 9.17) is 5.73 Å². The van der Waals surface area contributed by atoms with Crippen LogP contribution in [0.4, 0.5) is 17.3 Å². The zero-order chi connectivity index (χ0) is 27.0. The van der Waals surface area contributed by atoms with Crippen LogP contribution in [-0.2, 0) is 16.6 Å². The summed E-state index contributed by atoms with van der Waals surface area (Å²) in [4.78, 5) is 38.5. The normalized spacial score (nSPS) is 18.9. The van der Waals surface area contributed by atoms with Gasteiger partial charge < -0.3 is 16.0 Å². The maximum atomic E-state index is 12.7. The Morgan fingerprint density at radius 2 is 1.89 bits per heavy atom. The van der Waals surface area contributed by atoms with Crippen LogP contribution < -0.4 is 21.5 Å². The zero-order valence-electron chi connectivity index (χ0n) is 22.5. The Balaban J connectivity index is 1.75. The van der Waals surface area contributed by atoms with E-state index in [0.29, 0.717) is 17.7 Å². The molecule has 3 aromatic rings. The Kier molecular flexibility index (Phi) is 6.95. The number of hydrogen-bond acceptors (Lipinski definition) is 4. The topological polar surface area (TPSA) is 116 Å². The first-order valence-corrected chi connectivity index (χ1v) is 12.7. The van der Waals surface area contributed by atoms with E-state index in [9.17, 15) is 9.59 Å². The molecule has 4 N–H and O–H groups in total. The van der Waals surface area contributed by atoms with Gasteiger partial charge in [0.25, 0.3) is 5.56 Å². The van der Waals surface area contributed by atoms with Crippen LogP contribution in [0, 0.1) is 6.92 Å². The summed E-state index contributed by atoms with van der Waals surface area (Å²) in [5, 5.41) is 3.14. The van der Waals surface area contributed by atoms with E-state index >= 15 is 0 Å². The molecule has 1 aliphatic rings. The number of nitrogens with two attached hydrogens (primary N) is 1. The fraction of sp³-hybridized carbons (Fsp3) is 0.379. The third-order valence-electron chi connectivity index (χ3n) is 7.16. The number of nitrogens with one attached hydrogen (secondary N) is 2. The van der Waals surface area contributed by atoms with E-state index in [1.165, 1.54) is 5.56 Å². The summed E-state index contributed by atoms with van der Waals surface area (Å²) in [5.74, 6) is 0.260. The van der Waals surface area contributed by atoms with E-state index in [1.807, 2.05) is 48.2 Å². The SMILES string of the molecule is CCCc1c(C)nc(/N=C(\N)Nc2ccc3c(c2)C(C)(c2ccccc2)CC(C)(C)N3C(C)=O)[nH]c1=O. The van der Waals surface area contributed by atoms with Crippen molar-refractivity contribution in [3.8, 4) is 0 Å². The Bertz CT molecular complexity index is 1410. The molecule has 37 heavy (non-hydrogen) atoms. The molecule has 8 nitrogen and oxygen atoms in total. The number of aromatic amines is 1. The van der Waals surface area contributed by atoms with E-state index in [-0.39, 0.29) is 34.3 Å². The Labute approximate surface area is 218 Å². The average molecular weight is 501 g/mol. The van der Waals surface area contributed by atoms with E-state index in [0.717, 1.165) is 29.8 Å². The molecule has 1 amide bonds. The van der Waals surface area contributed by atoms with Crippen molar-refractivity contribution in [2.75, 3.05) is 10.2 Å². The van der Waals surface area contributed by atoms with Gasteiger partial charge in [-0.25, -0.2) is 4.98 Å². The molecule has 2 aromatic carbocycles. The summed E-state index contributed by atoms with van der Waals surface area (Å²) in [7, 11) is 0. The van der Waals surface area contributed by atoms with Gasteiger partial charge in [-0.15, -0.1) is 0 Å². The van der Waals surface area contributed by atoms with Crippen molar-refractivity contribution in [3.05, 3.63) is 81.3 Å². The van der Waals surface area contributed by atoms with Crippen molar-refractivity contribution in [3.63, 3.8) is 0 Å². The summed E-state index contributed by atoms with van der Waals surface area (Å²) in [6.07, 6.45) is 2.27. The summed E-state index contributed by atoms with van der Waals surface area (Å²) in [6, 6.07) is 16.2. The number of anilines is 2. The molecule has 0 spiro atoms. The van der Waals surface area contributed by atoms with Crippen molar-refractivity contribution in [2.24, 2.45) is 10.7 Å². The molecule has 194 valence electrons. The number of H-pyrrole nitrogens is 1. The van der Waals surface area contributed by atoms with Crippen LogP contribution >= 0.6 is 0 Å². The third kappa shape index (κ3) is 5.01. The van der Waals surface area contributed by atoms with Gasteiger partial charge in [-0.05, 0) is 62.9 Å². The molecule has 0 bridgehead atoms. The lowest BCUT2D eigenvalue weighted by atomic mass is 9.65. The highest BCUT2D eigenvalue weighted by Gasteiger charge is 2.47. The lowest BCUT2D eigenvalue weighted by Crippen LogP contribution is -2.55. The highest BCUT2D eigenvalue weighted by atomic mass is 16.2. The smallest absolute Gasteiger partial charge is 0.255 e. The number of carbonyl (C=O) groups is 1. The zero-order valence-corrected chi connectivity index (χ0v) is 22.5. The van der Waals surface area contributed by atoms with Crippen molar-refractivity contribution in [1.29, 1.82) is 0 Å². The first-order chi connectivity index (χ1) is 17.5.